The van der Waals surface area contributed by atoms with Crippen LogP contribution in [0.1, 0.15) is 55.4 Å². The summed E-state index contributed by atoms with van der Waals surface area (Å²) in [7, 11) is 6.22. The lowest BCUT2D eigenvalue weighted by atomic mass is 10.1. The number of rotatable bonds is 17. The van der Waals surface area contributed by atoms with E-state index in [1.165, 1.54) is 24.2 Å². The number of hydrogen-bond donors (Lipinski definition) is 7. The van der Waals surface area contributed by atoms with Gasteiger partial charge in [0.2, 0.25) is 0 Å². The molecular formula is C50H57BrF2N18O4. The maximum Gasteiger partial charge on any atom is 0.254 e. The summed E-state index contributed by atoms with van der Waals surface area (Å²) in [4.78, 5) is 60.2. The number of pyridine rings is 2. The number of carbonyl (C=O) groups is 2. The molecule has 22 nitrogen and oxygen atoms in total. The van der Waals surface area contributed by atoms with E-state index in [4.69, 9.17) is 9.47 Å². The molecule has 0 aliphatic rings. The number of alkyl halides is 3. The molecule has 6 aromatic heterocycles. The van der Waals surface area contributed by atoms with Gasteiger partial charge < -0.3 is 41.4 Å². The van der Waals surface area contributed by atoms with Crippen LogP contribution in [0.15, 0.2) is 73.1 Å². The third-order valence-corrected chi connectivity index (χ3v) is 10.8. The zero-order valence-electron chi connectivity index (χ0n) is 42.9. The number of halogens is 3. The molecule has 0 aliphatic heterocycles. The standard InChI is InChI=1S/C25H28FN9O2.C23H25N9O2.C2H4BrF/c1-14-11-22(30-15(2)29-14)33-21-12-20(18(13-28-21)25(36)27-4)32-19-8-6-7-17(23(19)37-5)24-31-16(3)35(34-24)10-9-26;1-12-9-20(27-13(2)26-12)30-19-10-18(16(11-25-19)23(33)24-4)29-17-8-6-7-15(21(17)34-5)22-28-14(3)31-32-22;3-1-2-4/h6-8,11-13H,9-10H2,1-5H3,(H,27,36)(H2,28,29,30,32,33);6-11H,1-5H3,(H,24,33)(H,28,31,32)(H2,25,26,27,29,30);1-2H2. The van der Waals surface area contributed by atoms with E-state index in [0.717, 1.165) is 11.4 Å². The zero-order chi connectivity index (χ0) is 54.2. The molecule has 7 N–H and O–H groups in total. The maximum absolute atomic E-state index is 12.9. The molecule has 0 radical (unpaired) electrons. The van der Waals surface area contributed by atoms with E-state index in [9.17, 15) is 18.4 Å². The fourth-order valence-electron chi connectivity index (χ4n) is 7.35. The Kier molecular flexibility index (Phi) is 19.5. The number of methoxy groups -OCH3 is 2. The summed E-state index contributed by atoms with van der Waals surface area (Å²) in [6.07, 6.45) is 2.98. The number of nitrogens with one attached hydrogen (secondary N) is 7. The van der Waals surface area contributed by atoms with Gasteiger partial charge in [-0.25, -0.2) is 48.9 Å². The Morgan fingerprint density at radius 3 is 1.49 bits per heavy atom. The van der Waals surface area contributed by atoms with Gasteiger partial charge in [-0.1, -0.05) is 28.1 Å². The van der Waals surface area contributed by atoms with Crippen LogP contribution in [0, 0.1) is 41.5 Å². The Labute approximate surface area is 439 Å². The Morgan fingerprint density at radius 1 is 0.613 bits per heavy atom. The van der Waals surface area contributed by atoms with Gasteiger partial charge in [0.1, 0.15) is 53.2 Å². The molecule has 6 heterocycles. The Hall–Kier alpha value is -8.74. The molecule has 0 spiro atoms. The Bertz CT molecular complexity index is 3220. The summed E-state index contributed by atoms with van der Waals surface area (Å²) < 4.78 is 36.5. The molecule has 8 rings (SSSR count). The molecule has 392 valence electrons. The summed E-state index contributed by atoms with van der Waals surface area (Å²) in [5.74, 6) is 6.06. The van der Waals surface area contributed by atoms with Gasteiger partial charge >= 0.3 is 0 Å². The van der Waals surface area contributed by atoms with E-state index in [-0.39, 0.29) is 25.0 Å². The third kappa shape index (κ3) is 14.5. The fourth-order valence-corrected chi connectivity index (χ4v) is 7.35. The van der Waals surface area contributed by atoms with Crippen LogP contribution in [0.2, 0.25) is 0 Å². The monoisotopic (exact) mass is 1090 g/mol. The molecule has 8 aromatic rings. The first-order valence-corrected chi connectivity index (χ1v) is 24.2. The van der Waals surface area contributed by atoms with Crippen molar-refractivity contribution >= 4 is 73.8 Å². The summed E-state index contributed by atoms with van der Waals surface area (Å²) in [5, 5.41) is 30.2. The van der Waals surface area contributed by atoms with Gasteiger partial charge in [-0.15, -0.1) is 0 Å². The molecule has 0 bridgehead atoms. The van der Waals surface area contributed by atoms with Crippen LogP contribution < -0.4 is 41.4 Å². The van der Waals surface area contributed by atoms with Crippen molar-refractivity contribution in [1.29, 1.82) is 0 Å². The zero-order valence-corrected chi connectivity index (χ0v) is 44.5. The minimum atomic E-state index is -0.544. The second kappa shape index (κ2) is 26.3. The van der Waals surface area contributed by atoms with E-state index in [2.05, 4.69) is 103 Å². The molecule has 25 heteroatoms. The van der Waals surface area contributed by atoms with Crippen LogP contribution in [-0.2, 0) is 6.54 Å². The number of benzene rings is 2. The smallest absolute Gasteiger partial charge is 0.254 e. The van der Waals surface area contributed by atoms with E-state index >= 15 is 0 Å². The Morgan fingerprint density at radius 2 is 1.09 bits per heavy atom. The lowest BCUT2D eigenvalue weighted by molar-refractivity contribution is 0.0955. The van der Waals surface area contributed by atoms with Gasteiger partial charge in [0.25, 0.3) is 11.8 Å². The first-order valence-electron chi connectivity index (χ1n) is 23.1. The average molecular weight is 1090 g/mol. The summed E-state index contributed by atoms with van der Waals surface area (Å²) >= 11 is 2.87. The molecule has 2 aromatic carbocycles. The summed E-state index contributed by atoms with van der Waals surface area (Å²) in [6, 6.07) is 18.1. The third-order valence-electron chi connectivity index (χ3n) is 10.5. The molecule has 0 fully saturated rings. The number of aryl methyl sites for hydroxylation is 7. The quantitative estimate of drug-likeness (QED) is 0.0420. The van der Waals surface area contributed by atoms with Crippen molar-refractivity contribution in [2.24, 2.45) is 0 Å². The van der Waals surface area contributed by atoms with Crippen LogP contribution in [0.25, 0.3) is 22.8 Å². The van der Waals surface area contributed by atoms with E-state index in [0.29, 0.717) is 120 Å². The number of anilines is 8. The van der Waals surface area contributed by atoms with Crippen molar-refractivity contribution in [3.63, 3.8) is 0 Å². The molecular weight excluding hydrogens is 1030 g/mol. The minimum absolute atomic E-state index is 0.118. The number of nitrogens with zero attached hydrogens (tertiary/aromatic N) is 11. The number of para-hydroxylation sites is 2. The molecule has 0 unspecified atom stereocenters. The molecule has 0 saturated carbocycles. The van der Waals surface area contributed by atoms with Crippen molar-refractivity contribution in [3.8, 4) is 34.3 Å². The van der Waals surface area contributed by atoms with E-state index < -0.39 is 6.67 Å². The van der Waals surface area contributed by atoms with Crippen LogP contribution in [0.3, 0.4) is 0 Å². The fraction of sp³-hybridized carbons (Fsp3) is 0.280. The van der Waals surface area contributed by atoms with Gasteiger partial charge in [-0.3, -0.25) is 19.1 Å². The number of ether oxygens (including phenoxy) is 2. The molecule has 2 amide bonds. The average Bonchev–Trinajstić information content (AvgIpc) is 4.00. The number of amides is 2. The minimum Gasteiger partial charge on any atom is -0.494 e. The topological polar surface area (TPSA) is 274 Å². The van der Waals surface area contributed by atoms with Crippen molar-refractivity contribution < 1.29 is 27.8 Å². The molecule has 0 aliphatic carbocycles. The number of hydrogen-bond acceptors (Lipinski definition) is 18. The summed E-state index contributed by atoms with van der Waals surface area (Å²) in [5.41, 5.74) is 5.90. The van der Waals surface area contributed by atoms with Gasteiger partial charge in [-0.2, -0.15) is 10.2 Å². The number of aromatic nitrogens is 12. The van der Waals surface area contributed by atoms with Crippen LogP contribution in [0.5, 0.6) is 11.5 Å². The highest BCUT2D eigenvalue weighted by Crippen LogP contribution is 2.39. The van der Waals surface area contributed by atoms with Crippen LogP contribution >= 0.6 is 15.9 Å². The lowest BCUT2D eigenvalue weighted by Gasteiger charge is -2.17. The second-order valence-corrected chi connectivity index (χ2v) is 16.9. The van der Waals surface area contributed by atoms with E-state index in [1.807, 2.05) is 77.1 Å². The van der Waals surface area contributed by atoms with Gasteiger partial charge in [0.05, 0.1) is 72.4 Å². The highest BCUT2D eigenvalue weighted by Gasteiger charge is 2.21. The number of aromatic amines is 1. The Balaban J connectivity index is 0.000000228. The van der Waals surface area contributed by atoms with E-state index in [1.54, 1.807) is 46.3 Å². The normalized spacial score (nSPS) is 10.5. The van der Waals surface area contributed by atoms with Crippen molar-refractivity contribution in [2.45, 2.75) is 48.1 Å². The molecule has 75 heavy (non-hydrogen) atoms. The highest BCUT2D eigenvalue weighted by molar-refractivity contribution is 9.09. The first-order chi connectivity index (χ1) is 36.1. The van der Waals surface area contributed by atoms with Crippen molar-refractivity contribution in [3.05, 3.63) is 119 Å². The predicted molar refractivity (Wildman–Crippen MR) is 287 cm³/mol. The first kappa shape index (κ1) is 55.6. The lowest BCUT2D eigenvalue weighted by Crippen LogP contribution is -2.19. The maximum atomic E-state index is 12.9. The number of H-pyrrole nitrogens is 1. The van der Waals surface area contributed by atoms with Crippen molar-refractivity contribution in [1.82, 2.24) is 70.5 Å². The van der Waals surface area contributed by atoms with Crippen LogP contribution in [0.4, 0.5) is 54.8 Å². The molecule has 0 atom stereocenters. The van der Waals surface area contributed by atoms with Gasteiger partial charge in [0, 0.05) is 67.5 Å². The molecule has 0 saturated heterocycles. The predicted octanol–water partition coefficient (Wildman–Crippen LogP) is 8.67. The summed E-state index contributed by atoms with van der Waals surface area (Å²) in [6.45, 7) is 10.3. The highest BCUT2D eigenvalue weighted by atomic mass is 79.9. The van der Waals surface area contributed by atoms with Gasteiger partial charge in [-0.05, 0) is 65.8 Å². The van der Waals surface area contributed by atoms with Gasteiger partial charge in [0.15, 0.2) is 23.1 Å². The van der Waals surface area contributed by atoms with Crippen molar-refractivity contribution in [2.75, 3.05) is 68.3 Å². The van der Waals surface area contributed by atoms with Crippen LogP contribution in [-0.4, -0.2) is 119 Å². The largest absolute Gasteiger partial charge is 0.494 e. The SMILES string of the molecule is CNC(=O)c1cnc(Nc2cc(C)nc(C)n2)cc1Nc1cccc(-c2n[nH]c(C)n2)c1OC.CNC(=O)c1cnc(Nc2cc(C)nc(C)n2)cc1Nc1cccc(-c2nc(C)n(CCF)n2)c1OC.FCCBr. The second-order valence-electron chi connectivity index (χ2n) is 16.1. The number of carbonyl (C=O) groups excluding carboxylic acids is 2.